The highest BCUT2D eigenvalue weighted by Crippen LogP contribution is 2.52. The number of hydrogen-bond acceptors (Lipinski definition) is 3. The molecule has 4 heteroatoms. The molecule has 0 saturated heterocycles. The molecular formula is C24H20BrNO2. The van der Waals surface area contributed by atoms with Crippen LogP contribution in [0.3, 0.4) is 0 Å². The van der Waals surface area contributed by atoms with E-state index < -0.39 is 0 Å². The Bertz CT molecular complexity index is 1110. The first kappa shape index (κ1) is 17.7. The summed E-state index contributed by atoms with van der Waals surface area (Å²) in [4.78, 5) is 31.6. The van der Waals surface area contributed by atoms with Crippen LogP contribution in [-0.4, -0.2) is 17.3 Å². The lowest BCUT2D eigenvalue weighted by atomic mass is 9.63. The number of hydrogen-bond donors (Lipinski definition) is 0. The lowest BCUT2D eigenvalue weighted by Gasteiger charge is -2.40. The highest BCUT2D eigenvalue weighted by atomic mass is 79.9. The molecule has 140 valence electrons. The van der Waals surface area contributed by atoms with Crippen molar-refractivity contribution in [1.82, 2.24) is 0 Å². The van der Waals surface area contributed by atoms with Gasteiger partial charge in [-0.25, -0.2) is 0 Å². The van der Waals surface area contributed by atoms with Gasteiger partial charge in [-0.05, 0) is 23.5 Å². The second-order valence-electron chi connectivity index (χ2n) is 8.70. The normalized spacial score (nSPS) is 25.2. The Balaban J connectivity index is 1.78. The summed E-state index contributed by atoms with van der Waals surface area (Å²) < 4.78 is 0.925. The molecule has 0 bridgehead atoms. The molecule has 28 heavy (non-hydrogen) atoms. The smallest absolute Gasteiger partial charge is 0.192 e. The lowest BCUT2D eigenvalue weighted by molar-refractivity contribution is -0.124. The molecule has 1 fully saturated rings. The number of aliphatic imine (C=N–C) groups is 1. The standard InChI is InChI=1S/C24H20BrNO2/c1-24(2)11-17-20(18(27)12-24)19(15-9-5-6-10-16(15)25)21-22(26-17)13-7-3-4-8-14(13)23(21)28/h3-10,19-20H,11-12H2,1-2H3/t19-,20?/m1/s1. The van der Waals surface area contributed by atoms with E-state index in [0.717, 1.165) is 33.4 Å². The van der Waals surface area contributed by atoms with Gasteiger partial charge in [-0.3, -0.25) is 14.6 Å². The van der Waals surface area contributed by atoms with E-state index in [4.69, 9.17) is 4.99 Å². The zero-order valence-electron chi connectivity index (χ0n) is 15.8. The van der Waals surface area contributed by atoms with E-state index in [1.807, 2.05) is 48.5 Å². The van der Waals surface area contributed by atoms with Crippen LogP contribution in [0.2, 0.25) is 0 Å². The van der Waals surface area contributed by atoms with Crippen molar-refractivity contribution in [1.29, 1.82) is 0 Å². The summed E-state index contributed by atoms with van der Waals surface area (Å²) in [5.74, 6) is -0.455. The number of allylic oxidation sites excluding steroid dienone is 1. The first-order valence-corrected chi connectivity index (χ1v) is 10.4. The molecule has 0 amide bonds. The van der Waals surface area contributed by atoms with Crippen molar-refractivity contribution in [2.75, 3.05) is 0 Å². The van der Waals surface area contributed by atoms with Gasteiger partial charge >= 0.3 is 0 Å². The van der Waals surface area contributed by atoms with Crippen LogP contribution in [0.25, 0.3) is 5.70 Å². The number of nitrogens with zero attached hydrogens (tertiary/aromatic N) is 1. The molecule has 2 aromatic carbocycles. The second-order valence-corrected chi connectivity index (χ2v) is 9.56. The van der Waals surface area contributed by atoms with E-state index in [1.165, 1.54) is 0 Å². The summed E-state index contributed by atoms with van der Waals surface area (Å²) in [5, 5.41) is 0. The second kappa shape index (κ2) is 6.08. The van der Waals surface area contributed by atoms with Gasteiger partial charge in [0.15, 0.2) is 5.78 Å². The number of Topliss-reactive ketones (excluding diaryl/α,β-unsaturated/α-hetero) is 2. The van der Waals surface area contributed by atoms with E-state index in [2.05, 4.69) is 29.8 Å². The van der Waals surface area contributed by atoms with Gasteiger partial charge in [-0.2, -0.15) is 0 Å². The number of rotatable bonds is 1. The Morgan fingerprint density at radius 1 is 0.929 bits per heavy atom. The predicted octanol–water partition coefficient (Wildman–Crippen LogP) is 5.60. The molecule has 2 aliphatic carbocycles. The fourth-order valence-electron chi connectivity index (χ4n) is 4.98. The molecule has 1 unspecified atom stereocenters. The molecule has 0 N–H and O–H groups in total. The van der Waals surface area contributed by atoms with Crippen molar-refractivity contribution >= 4 is 38.9 Å². The highest BCUT2D eigenvalue weighted by molar-refractivity contribution is 9.10. The molecule has 0 spiro atoms. The summed E-state index contributed by atoms with van der Waals surface area (Å²) in [6.45, 7) is 4.24. The maximum Gasteiger partial charge on any atom is 0.192 e. The summed E-state index contributed by atoms with van der Waals surface area (Å²) in [6, 6.07) is 15.6. The van der Waals surface area contributed by atoms with Crippen LogP contribution >= 0.6 is 15.9 Å². The Kier molecular flexibility index (Phi) is 3.86. The van der Waals surface area contributed by atoms with E-state index in [-0.39, 0.29) is 28.8 Å². The van der Waals surface area contributed by atoms with Gasteiger partial charge in [0, 0.05) is 39.2 Å². The zero-order valence-corrected chi connectivity index (χ0v) is 17.4. The molecule has 0 radical (unpaired) electrons. The first-order valence-electron chi connectivity index (χ1n) is 9.60. The molecule has 1 saturated carbocycles. The Hall–Kier alpha value is -2.33. The molecule has 2 atom stereocenters. The fourth-order valence-corrected chi connectivity index (χ4v) is 5.52. The third-order valence-corrected chi connectivity index (χ3v) is 6.81. The molecule has 1 heterocycles. The van der Waals surface area contributed by atoms with Crippen molar-refractivity contribution in [3.8, 4) is 0 Å². The number of carbonyl (C=O) groups is 2. The summed E-state index contributed by atoms with van der Waals surface area (Å²) in [7, 11) is 0. The minimum Gasteiger partial charge on any atom is -0.299 e. The van der Waals surface area contributed by atoms with Crippen LogP contribution in [0, 0.1) is 11.3 Å². The summed E-state index contributed by atoms with van der Waals surface area (Å²) in [5.41, 5.74) is 4.82. The van der Waals surface area contributed by atoms with Crippen LogP contribution < -0.4 is 0 Å². The van der Waals surface area contributed by atoms with Crippen LogP contribution in [0.15, 0.2) is 63.6 Å². The van der Waals surface area contributed by atoms with Crippen LogP contribution in [0.1, 0.15) is 54.1 Å². The molecule has 3 aliphatic rings. The SMILES string of the molecule is CC1(C)CC(=O)C2C(=NC3=C(C(=O)c4ccccc43)[C@@H]2c2ccccc2Br)C1. The van der Waals surface area contributed by atoms with Gasteiger partial charge in [-0.15, -0.1) is 0 Å². The van der Waals surface area contributed by atoms with Crippen molar-refractivity contribution in [3.05, 3.63) is 75.3 Å². The molecule has 2 aromatic rings. The van der Waals surface area contributed by atoms with Gasteiger partial charge in [0.25, 0.3) is 0 Å². The Morgan fingerprint density at radius 3 is 2.36 bits per heavy atom. The molecule has 0 aromatic heterocycles. The van der Waals surface area contributed by atoms with E-state index in [0.29, 0.717) is 17.6 Å². The monoisotopic (exact) mass is 433 g/mol. The number of benzene rings is 2. The highest BCUT2D eigenvalue weighted by Gasteiger charge is 2.50. The third-order valence-electron chi connectivity index (χ3n) is 6.08. The zero-order chi connectivity index (χ0) is 19.6. The van der Waals surface area contributed by atoms with E-state index in [1.54, 1.807) is 0 Å². The quantitative estimate of drug-likeness (QED) is 0.587. The van der Waals surface area contributed by atoms with E-state index in [9.17, 15) is 9.59 Å². The van der Waals surface area contributed by atoms with Crippen molar-refractivity contribution < 1.29 is 9.59 Å². The minimum absolute atomic E-state index is 0.00628. The van der Waals surface area contributed by atoms with Crippen LogP contribution in [0.4, 0.5) is 0 Å². The van der Waals surface area contributed by atoms with Crippen LogP contribution in [-0.2, 0) is 4.79 Å². The van der Waals surface area contributed by atoms with Gasteiger partial charge in [0.1, 0.15) is 5.78 Å². The fraction of sp³-hybridized carbons (Fsp3) is 0.292. The van der Waals surface area contributed by atoms with Crippen LogP contribution in [0.5, 0.6) is 0 Å². The maximum absolute atomic E-state index is 13.4. The van der Waals surface area contributed by atoms with Crippen molar-refractivity contribution in [3.63, 3.8) is 0 Å². The number of halogens is 1. The minimum atomic E-state index is -0.358. The number of fused-ring (bicyclic) bond motifs is 3. The van der Waals surface area contributed by atoms with E-state index >= 15 is 0 Å². The summed E-state index contributed by atoms with van der Waals surface area (Å²) in [6.07, 6.45) is 1.29. The van der Waals surface area contributed by atoms with Gasteiger partial charge in [0.2, 0.25) is 0 Å². The summed E-state index contributed by atoms with van der Waals surface area (Å²) >= 11 is 3.66. The Morgan fingerprint density at radius 2 is 1.61 bits per heavy atom. The third kappa shape index (κ3) is 2.51. The average molecular weight is 434 g/mol. The average Bonchev–Trinajstić information content (AvgIpc) is 2.92. The first-order chi connectivity index (χ1) is 13.4. The lowest BCUT2D eigenvalue weighted by Crippen LogP contribution is -2.43. The van der Waals surface area contributed by atoms with Crippen molar-refractivity contribution in [2.45, 2.75) is 32.6 Å². The molecule has 5 rings (SSSR count). The maximum atomic E-state index is 13.4. The predicted molar refractivity (Wildman–Crippen MR) is 114 cm³/mol. The molecule has 1 aliphatic heterocycles. The van der Waals surface area contributed by atoms with Gasteiger partial charge in [0.05, 0.1) is 11.6 Å². The molecular weight excluding hydrogens is 414 g/mol. The topological polar surface area (TPSA) is 46.5 Å². The number of ketones is 2. The van der Waals surface area contributed by atoms with Crippen molar-refractivity contribution in [2.24, 2.45) is 16.3 Å². The largest absolute Gasteiger partial charge is 0.299 e. The number of carbonyl (C=O) groups excluding carboxylic acids is 2. The molecule has 3 nitrogen and oxygen atoms in total. The van der Waals surface area contributed by atoms with Gasteiger partial charge < -0.3 is 0 Å². The van der Waals surface area contributed by atoms with Gasteiger partial charge in [-0.1, -0.05) is 72.2 Å². The Labute approximate surface area is 172 Å².